The lowest BCUT2D eigenvalue weighted by molar-refractivity contribution is -0.143. The van der Waals surface area contributed by atoms with Crippen molar-refractivity contribution in [3.63, 3.8) is 0 Å². The van der Waals surface area contributed by atoms with Crippen molar-refractivity contribution >= 4 is 5.91 Å². The average Bonchev–Trinajstić information content (AvgIpc) is 2.83. The van der Waals surface area contributed by atoms with Crippen molar-refractivity contribution in [2.45, 2.75) is 89.3 Å². The Labute approximate surface area is 161 Å². The number of ether oxygens (including phenoxy) is 1. The predicted octanol–water partition coefficient (Wildman–Crippen LogP) is 2.94. The summed E-state index contributed by atoms with van der Waals surface area (Å²) in [7, 11) is 0. The van der Waals surface area contributed by atoms with Crippen LogP contribution in [-0.2, 0) is 4.79 Å². The third kappa shape index (κ3) is 4.10. The summed E-state index contributed by atoms with van der Waals surface area (Å²) in [5.41, 5.74) is 0.810. The van der Waals surface area contributed by atoms with Gasteiger partial charge in [0.2, 0.25) is 5.91 Å². The van der Waals surface area contributed by atoms with Crippen LogP contribution >= 0.6 is 0 Å². The summed E-state index contributed by atoms with van der Waals surface area (Å²) in [6, 6.07) is 2.51. The molecule has 1 saturated carbocycles. The number of aromatic nitrogens is 2. The molecule has 0 spiro atoms. The number of fused-ring (bicyclic) bond motifs is 2. The molecule has 3 heterocycles. The quantitative estimate of drug-likeness (QED) is 0.830. The Morgan fingerprint density at radius 2 is 1.81 bits per heavy atom. The van der Waals surface area contributed by atoms with Gasteiger partial charge >= 0.3 is 6.01 Å². The van der Waals surface area contributed by atoms with Gasteiger partial charge in [0.25, 0.3) is 0 Å². The van der Waals surface area contributed by atoms with E-state index in [2.05, 4.69) is 14.9 Å². The molecule has 1 aromatic rings. The fourth-order valence-electron chi connectivity index (χ4n) is 5.04. The topological polar surface area (TPSA) is 75.6 Å². The number of carbonyl (C=O) groups is 1. The highest BCUT2D eigenvalue weighted by molar-refractivity contribution is 5.77. The van der Waals surface area contributed by atoms with Gasteiger partial charge in [-0.3, -0.25) is 4.79 Å². The molecule has 2 atom stereocenters. The minimum Gasteiger partial charge on any atom is -0.460 e. The second-order valence-electron chi connectivity index (χ2n) is 8.88. The van der Waals surface area contributed by atoms with Crippen LogP contribution in [0.15, 0.2) is 6.07 Å². The second-order valence-corrected chi connectivity index (χ2v) is 8.88. The van der Waals surface area contributed by atoms with Crippen LogP contribution in [0.2, 0.25) is 0 Å². The highest BCUT2D eigenvalue weighted by atomic mass is 16.5. The molecule has 6 heteroatoms. The first-order valence-corrected chi connectivity index (χ1v) is 10.4. The number of hydrogen-bond acceptors (Lipinski definition) is 5. The van der Waals surface area contributed by atoms with Crippen LogP contribution in [0, 0.1) is 19.8 Å². The number of amides is 1. The predicted molar refractivity (Wildman–Crippen MR) is 101 cm³/mol. The van der Waals surface area contributed by atoms with Crippen LogP contribution in [0.4, 0.5) is 0 Å². The SMILES string of the molecule is Cc1cc(C)nc(OCC2(O)CC3CCC(C2)N3C(=O)CCC2CCC2)n1. The number of nitrogens with zero attached hydrogens (tertiary/aromatic N) is 3. The number of rotatable bonds is 6. The fraction of sp³-hybridized carbons (Fsp3) is 0.762. The normalized spacial score (nSPS) is 30.3. The Morgan fingerprint density at radius 3 is 2.37 bits per heavy atom. The molecule has 6 nitrogen and oxygen atoms in total. The summed E-state index contributed by atoms with van der Waals surface area (Å²) < 4.78 is 5.76. The maximum Gasteiger partial charge on any atom is 0.316 e. The van der Waals surface area contributed by atoms with E-state index in [1.54, 1.807) is 0 Å². The number of hydrogen-bond donors (Lipinski definition) is 1. The van der Waals surface area contributed by atoms with Crippen LogP contribution in [0.3, 0.4) is 0 Å². The van der Waals surface area contributed by atoms with Crippen molar-refractivity contribution in [2.75, 3.05) is 6.61 Å². The molecule has 2 aliphatic heterocycles. The Morgan fingerprint density at radius 1 is 1.19 bits per heavy atom. The molecular weight excluding hydrogens is 342 g/mol. The zero-order valence-corrected chi connectivity index (χ0v) is 16.5. The van der Waals surface area contributed by atoms with E-state index in [4.69, 9.17) is 4.74 Å². The van der Waals surface area contributed by atoms with Crippen molar-refractivity contribution in [1.82, 2.24) is 14.9 Å². The van der Waals surface area contributed by atoms with Crippen LogP contribution in [0.1, 0.15) is 69.2 Å². The van der Waals surface area contributed by atoms with Gasteiger partial charge in [0.1, 0.15) is 12.2 Å². The van der Waals surface area contributed by atoms with Crippen LogP contribution in [0.25, 0.3) is 0 Å². The zero-order chi connectivity index (χ0) is 19.0. The van der Waals surface area contributed by atoms with Gasteiger partial charge in [0.15, 0.2) is 0 Å². The maximum absolute atomic E-state index is 12.8. The van der Waals surface area contributed by atoms with E-state index in [9.17, 15) is 9.90 Å². The van der Waals surface area contributed by atoms with Gasteiger partial charge < -0.3 is 14.7 Å². The summed E-state index contributed by atoms with van der Waals surface area (Å²) in [5.74, 6) is 1.05. The van der Waals surface area contributed by atoms with Crippen LogP contribution in [0.5, 0.6) is 6.01 Å². The van der Waals surface area contributed by atoms with Crippen molar-refractivity contribution < 1.29 is 14.6 Å². The molecule has 2 unspecified atom stereocenters. The minimum atomic E-state index is -0.905. The first kappa shape index (κ1) is 18.7. The molecule has 0 aromatic carbocycles. The minimum absolute atomic E-state index is 0.145. The van der Waals surface area contributed by atoms with Gasteiger partial charge in [-0.1, -0.05) is 19.3 Å². The van der Waals surface area contributed by atoms with Gasteiger partial charge in [0.05, 0.1) is 0 Å². The highest BCUT2D eigenvalue weighted by Crippen LogP contribution is 2.42. The number of aliphatic hydroxyl groups is 1. The Bertz CT molecular complexity index is 670. The lowest BCUT2D eigenvalue weighted by Gasteiger charge is -2.43. The molecule has 1 aliphatic carbocycles. The first-order chi connectivity index (χ1) is 12.9. The highest BCUT2D eigenvalue weighted by Gasteiger charge is 2.49. The van der Waals surface area contributed by atoms with E-state index in [0.29, 0.717) is 25.3 Å². The summed E-state index contributed by atoms with van der Waals surface area (Å²) in [5, 5.41) is 11.1. The summed E-state index contributed by atoms with van der Waals surface area (Å²) in [4.78, 5) is 23.4. The maximum atomic E-state index is 12.8. The molecule has 3 aliphatic rings. The Hall–Kier alpha value is -1.69. The fourth-order valence-corrected chi connectivity index (χ4v) is 5.04. The van der Waals surface area contributed by atoms with Crippen molar-refractivity contribution in [2.24, 2.45) is 5.92 Å². The number of carbonyl (C=O) groups excluding carboxylic acids is 1. The Kier molecular flexibility index (Phi) is 5.10. The molecule has 27 heavy (non-hydrogen) atoms. The van der Waals surface area contributed by atoms with Gasteiger partial charge in [-0.25, -0.2) is 9.97 Å². The van der Waals surface area contributed by atoms with Gasteiger partial charge in [-0.05, 0) is 57.9 Å². The van der Waals surface area contributed by atoms with Gasteiger partial charge in [0, 0.05) is 29.9 Å². The molecule has 3 fully saturated rings. The second kappa shape index (κ2) is 7.38. The van der Waals surface area contributed by atoms with Crippen molar-refractivity contribution in [3.05, 3.63) is 17.5 Å². The number of piperidine rings is 1. The summed E-state index contributed by atoms with van der Waals surface area (Å²) in [6.45, 7) is 4.00. The third-order valence-electron chi connectivity index (χ3n) is 6.56. The Balaban J connectivity index is 1.34. The molecule has 0 radical (unpaired) electrons. The standard InChI is InChI=1S/C21H31N3O3/c1-14-10-15(2)23-20(22-14)27-13-21(26)11-17-7-8-18(12-21)24(17)19(25)9-6-16-4-3-5-16/h10,16-18,26H,3-9,11-13H2,1-2H3. The molecule has 1 N–H and O–H groups in total. The third-order valence-corrected chi connectivity index (χ3v) is 6.56. The van der Waals surface area contributed by atoms with Crippen molar-refractivity contribution in [3.8, 4) is 6.01 Å². The largest absolute Gasteiger partial charge is 0.460 e. The molecule has 2 saturated heterocycles. The van der Waals surface area contributed by atoms with E-state index in [-0.39, 0.29) is 24.6 Å². The van der Waals surface area contributed by atoms with E-state index in [0.717, 1.165) is 36.6 Å². The average molecular weight is 373 g/mol. The molecule has 148 valence electrons. The van der Waals surface area contributed by atoms with E-state index in [1.165, 1.54) is 19.3 Å². The van der Waals surface area contributed by atoms with Gasteiger partial charge in [-0.15, -0.1) is 0 Å². The molecule has 4 rings (SSSR count). The van der Waals surface area contributed by atoms with E-state index < -0.39 is 5.60 Å². The van der Waals surface area contributed by atoms with E-state index >= 15 is 0 Å². The van der Waals surface area contributed by atoms with Gasteiger partial charge in [-0.2, -0.15) is 0 Å². The monoisotopic (exact) mass is 373 g/mol. The smallest absolute Gasteiger partial charge is 0.316 e. The zero-order valence-electron chi connectivity index (χ0n) is 16.5. The summed E-state index contributed by atoms with van der Waals surface area (Å²) in [6.07, 6.45) is 8.76. The molecule has 2 bridgehead atoms. The lowest BCUT2D eigenvalue weighted by Crippen LogP contribution is -2.55. The summed E-state index contributed by atoms with van der Waals surface area (Å²) >= 11 is 0. The molecular formula is C21H31N3O3. The van der Waals surface area contributed by atoms with Crippen molar-refractivity contribution in [1.29, 1.82) is 0 Å². The lowest BCUT2D eigenvalue weighted by atomic mass is 9.81. The molecule has 1 amide bonds. The molecule has 1 aromatic heterocycles. The van der Waals surface area contributed by atoms with E-state index in [1.807, 2.05) is 19.9 Å². The first-order valence-electron chi connectivity index (χ1n) is 10.4. The van der Waals surface area contributed by atoms with Crippen LogP contribution < -0.4 is 4.74 Å². The van der Waals surface area contributed by atoms with Crippen LogP contribution in [-0.4, -0.2) is 50.2 Å². The number of aryl methyl sites for hydroxylation is 2.